The third-order valence-electron chi connectivity index (χ3n) is 4.11. The highest BCUT2D eigenvalue weighted by Crippen LogP contribution is 2.23. The summed E-state index contributed by atoms with van der Waals surface area (Å²) in [6.07, 6.45) is 3.98. The highest BCUT2D eigenvalue weighted by Gasteiger charge is 2.34. The average molecular weight is 267 g/mol. The molecule has 2 rings (SSSR count). The monoisotopic (exact) mass is 267 g/mol. The fourth-order valence-corrected chi connectivity index (χ4v) is 2.72. The number of hydrogen-bond acceptors (Lipinski definition) is 4. The summed E-state index contributed by atoms with van der Waals surface area (Å²) in [5.74, 6) is -0.611. The standard InChI is InChI=1S/C13H21N3O3/c1-16-11(17)7-6-10(13(16)19)15-12(18)8-2-4-9(14)5-3-8/h8-10H,2-7,14H2,1H3,(H,15,18). The number of rotatable bonds is 2. The zero-order chi connectivity index (χ0) is 14.0. The fourth-order valence-electron chi connectivity index (χ4n) is 2.72. The van der Waals surface area contributed by atoms with Gasteiger partial charge in [-0.1, -0.05) is 0 Å². The first-order valence-electron chi connectivity index (χ1n) is 6.85. The molecule has 1 aliphatic carbocycles. The van der Waals surface area contributed by atoms with Gasteiger partial charge in [0.05, 0.1) is 0 Å². The number of piperidine rings is 1. The first-order valence-corrected chi connectivity index (χ1v) is 6.85. The number of nitrogens with zero attached hydrogens (tertiary/aromatic N) is 1. The molecule has 2 fully saturated rings. The lowest BCUT2D eigenvalue weighted by Crippen LogP contribution is -2.54. The van der Waals surface area contributed by atoms with Crippen LogP contribution in [0.2, 0.25) is 0 Å². The van der Waals surface area contributed by atoms with Crippen molar-refractivity contribution in [1.82, 2.24) is 10.2 Å². The van der Waals surface area contributed by atoms with E-state index in [2.05, 4.69) is 5.32 Å². The van der Waals surface area contributed by atoms with Gasteiger partial charge in [-0.25, -0.2) is 0 Å². The van der Waals surface area contributed by atoms with Crippen molar-refractivity contribution in [3.63, 3.8) is 0 Å². The topological polar surface area (TPSA) is 92.5 Å². The van der Waals surface area contributed by atoms with Gasteiger partial charge < -0.3 is 11.1 Å². The Bertz CT molecular complexity index is 389. The van der Waals surface area contributed by atoms with E-state index in [1.807, 2.05) is 0 Å². The zero-order valence-electron chi connectivity index (χ0n) is 11.2. The molecule has 1 atom stereocenters. The third-order valence-corrected chi connectivity index (χ3v) is 4.11. The maximum absolute atomic E-state index is 12.1. The van der Waals surface area contributed by atoms with Crippen LogP contribution in [0.5, 0.6) is 0 Å². The second kappa shape index (κ2) is 5.69. The Morgan fingerprint density at radius 2 is 1.84 bits per heavy atom. The number of nitrogens with two attached hydrogens (primary N) is 1. The van der Waals surface area contributed by atoms with Gasteiger partial charge in [0.1, 0.15) is 6.04 Å². The summed E-state index contributed by atoms with van der Waals surface area (Å²) in [5, 5.41) is 2.78. The molecule has 3 amide bonds. The molecule has 0 spiro atoms. The highest BCUT2D eigenvalue weighted by molar-refractivity contribution is 6.01. The number of imide groups is 1. The Balaban J connectivity index is 1.88. The van der Waals surface area contributed by atoms with Gasteiger partial charge in [-0.3, -0.25) is 19.3 Å². The quantitative estimate of drug-likeness (QED) is 0.676. The molecule has 19 heavy (non-hydrogen) atoms. The summed E-state index contributed by atoms with van der Waals surface area (Å²) in [6, 6.07) is -0.352. The molecule has 6 nitrogen and oxygen atoms in total. The van der Waals surface area contributed by atoms with Gasteiger partial charge in [0.2, 0.25) is 11.8 Å². The summed E-state index contributed by atoms with van der Waals surface area (Å²) in [5.41, 5.74) is 5.81. The first kappa shape index (κ1) is 14.0. The zero-order valence-corrected chi connectivity index (χ0v) is 11.2. The minimum absolute atomic E-state index is 0.0458. The van der Waals surface area contributed by atoms with Crippen LogP contribution in [0, 0.1) is 5.92 Å². The number of nitrogens with one attached hydrogen (secondary N) is 1. The minimum Gasteiger partial charge on any atom is -0.344 e. The Labute approximate surface area is 112 Å². The lowest BCUT2D eigenvalue weighted by atomic mass is 9.85. The molecule has 0 radical (unpaired) electrons. The van der Waals surface area contributed by atoms with Gasteiger partial charge in [-0.05, 0) is 32.1 Å². The van der Waals surface area contributed by atoms with Crippen molar-refractivity contribution < 1.29 is 14.4 Å². The Kier molecular flexibility index (Phi) is 4.19. The van der Waals surface area contributed by atoms with E-state index < -0.39 is 6.04 Å². The van der Waals surface area contributed by atoms with Crippen LogP contribution in [0.25, 0.3) is 0 Å². The molecule has 6 heteroatoms. The molecule has 1 saturated carbocycles. The number of likely N-dealkylation sites (tertiary alicyclic amines) is 1. The van der Waals surface area contributed by atoms with E-state index in [1.54, 1.807) is 0 Å². The van der Waals surface area contributed by atoms with Gasteiger partial charge in [0, 0.05) is 25.4 Å². The Morgan fingerprint density at radius 3 is 2.47 bits per heavy atom. The maximum atomic E-state index is 12.1. The molecule has 3 N–H and O–H groups in total. The van der Waals surface area contributed by atoms with E-state index in [0.29, 0.717) is 12.8 Å². The van der Waals surface area contributed by atoms with Crippen LogP contribution >= 0.6 is 0 Å². The number of amides is 3. The van der Waals surface area contributed by atoms with Crippen LogP contribution in [-0.2, 0) is 14.4 Å². The highest BCUT2D eigenvalue weighted by atomic mass is 16.2. The van der Waals surface area contributed by atoms with Gasteiger partial charge >= 0.3 is 0 Å². The minimum atomic E-state index is -0.550. The maximum Gasteiger partial charge on any atom is 0.251 e. The van der Waals surface area contributed by atoms with Crippen molar-refractivity contribution in [3.05, 3.63) is 0 Å². The number of carbonyl (C=O) groups excluding carboxylic acids is 3. The number of hydrogen-bond donors (Lipinski definition) is 2. The second-order valence-corrected chi connectivity index (χ2v) is 5.50. The molecule has 0 aromatic carbocycles. The molecular weight excluding hydrogens is 246 g/mol. The molecule has 1 aliphatic heterocycles. The van der Waals surface area contributed by atoms with Crippen LogP contribution in [0.4, 0.5) is 0 Å². The Morgan fingerprint density at radius 1 is 1.21 bits per heavy atom. The van der Waals surface area contributed by atoms with Crippen molar-refractivity contribution in [2.75, 3.05) is 7.05 Å². The first-order chi connectivity index (χ1) is 8.99. The summed E-state index contributed by atoms with van der Waals surface area (Å²) >= 11 is 0. The van der Waals surface area contributed by atoms with Crippen LogP contribution < -0.4 is 11.1 Å². The van der Waals surface area contributed by atoms with Crippen LogP contribution in [0.1, 0.15) is 38.5 Å². The third kappa shape index (κ3) is 3.12. The SMILES string of the molecule is CN1C(=O)CCC(NC(=O)C2CCC(N)CC2)C1=O. The summed E-state index contributed by atoms with van der Waals surface area (Å²) < 4.78 is 0. The van der Waals surface area contributed by atoms with E-state index in [9.17, 15) is 14.4 Å². The second-order valence-electron chi connectivity index (χ2n) is 5.50. The lowest BCUT2D eigenvalue weighted by molar-refractivity contribution is -0.149. The molecule has 2 aliphatic rings. The van der Waals surface area contributed by atoms with Crippen LogP contribution in [0.15, 0.2) is 0 Å². The molecule has 0 aromatic rings. The largest absolute Gasteiger partial charge is 0.344 e. The van der Waals surface area contributed by atoms with Crippen molar-refractivity contribution in [1.29, 1.82) is 0 Å². The lowest BCUT2D eigenvalue weighted by Gasteiger charge is -2.31. The van der Waals surface area contributed by atoms with E-state index in [1.165, 1.54) is 7.05 Å². The average Bonchev–Trinajstić information content (AvgIpc) is 2.40. The summed E-state index contributed by atoms with van der Waals surface area (Å²) in [6.45, 7) is 0. The molecule has 0 bridgehead atoms. The summed E-state index contributed by atoms with van der Waals surface area (Å²) in [4.78, 5) is 36.4. The van der Waals surface area contributed by atoms with Crippen molar-refractivity contribution >= 4 is 17.7 Å². The fraction of sp³-hybridized carbons (Fsp3) is 0.769. The van der Waals surface area contributed by atoms with E-state index in [-0.39, 0.29) is 29.7 Å². The van der Waals surface area contributed by atoms with Gasteiger partial charge in [-0.15, -0.1) is 0 Å². The predicted molar refractivity (Wildman–Crippen MR) is 68.9 cm³/mol. The molecule has 106 valence electrons. The van der Waals surface area contributed by atoms with E-state index in [0.717, 1.165) is 30.6 Å². The van der Waals surface area contributed by atoms with Crippen LogP contribution in [0.3, 0.4) is 0 Å². The molecule has 1 unspecified atom stereocenters. The van der Waals surface area contributed by atoms with Gasteiger partial charge in [-0.2, -0.15) is 0 Å². The van der Waals surface area contributed by atoms with E-state index >= 15 is 0 Å². The number of carbonyl (C=O) groups is 3. The van der Waals surface area contributed by atoms with Gasteiger partial charge in [0.25, 0.3) is 5.91 Å². The van der Waals surface area contributed by atoms with Gasteiger partial charge in [0.15, 0.2) is 0 Å². The molecule has 1 heterocycles. The van der Waals surface area contributed by atoms with Crippen molar-refractivity contribution in [2.45, 2.75) is 50.6 Å². The van der Waals surface area contributed by atoms with E-state index in [4.69, 9.17) is 5.73 Å². The predicted octanol–water partition coefficient (Wildman–Crippen LogP) is -0.232. The molecule has 0 aromatic heterocycles. The smallest absolute Gasteiger partial charge is 0.251 e. The normalized spacial score (nSPS) is 32.3. The molecule has 1 saturated heterocycles. The van der Waals surface area contributed by atoms with Crippen molar-refractivity contribution in [3.8, 4) is 0 Å². The molecular formula is C13H21N3O3. The van der Waals surface area contributed by atoms with Crippen LogP contribution in [-0.4, -0.2) is 41.8 Å². The Hall–Kier alpha value is -1.43. The van der Waals surface area contributed by atoms with Crippen molar-refractivity contribution in [2.24, 2.45) is 11.7 Å². The number of likely N-dealkylation sites (N-methyl/N-ethyl adjacent to an activating group) is 1. The summed E-state index contributed by atoms with van der Waals surface area (Å²) in [7, 11) is 1.46.